The van der Waals surface area contributed by atoms with E-state index < -0.39 is 0 Å². The van der Waals surface area contributed by atoms with Crippen molar-refractivity contribution < 1.29 is 14.0 Å². The van der Waals surface area contributed by atoms with E-state index in [1.165, 1.54) is 0 Å². The Balaban J connectivity index is 2.27. The van der Waals surface area contributed by atoms with Crippen molar-refractivity contribution in [2.75, 3.05) is 19.5 Å². The summed E-state index contributed by atoms with van der Waals surface area (Å²) in [5.74, 6) is 1.54. The molecule has 0 aliphatic rings. The van der Waals surface area contributed by atoms with Gasteiger partial charge in [0.2, 0.25) is 0 Å². The fourth-order valence-corrected chi connectivity index (χ4v) is 1.46. The predicted molar refractivity (Wildman–Crippen MR) is 66.0 cm³/mol. The second-order valence-electron chi connectivity index (χ2n) is 3.61. The third-order valence-electron chi connectivity index (χ3n) is 2.39. The van der Waals surface area contributed by atoms with E-state index in [0.29, 0.717) is 41.9 Å². The molecule has 6 nitrogen and oxygen atoms in total. The van der Waals surface area contributed by atoms with Crippen LogP contribution < -0.4 is 10.5 Å². The molecule has 1 aromatic carbocycles. The lowest BCUT2D eigenvalue weighted by Crippen LogP contribution is -1.95. The zero-order valence-corrected chi connectivity index (χ0v) is 10.3. The minimum atomic E-state index is 0.323. The van der Waals surface area contributed by atoms with Gasteiger partial charge in [0.1, 0.15) is 12.4 Å². The molecule has 0 aliphatic carbocycles. The Labute approximate surface area is 105 Å². The van der Waals surface area contributed by atoms with Gasteiger partial charge in [-0.05, 0) is 25.1 Å². The molecule has 0 aliphatic heterocycles. The van der Waals surface area contributed by atoms with Crippen LogP contribution in [0.1, 0.15) is 12.7 Å². The van der Waals surface area contributed by atoms with Crippen LogP contribution in [0.3, 0.4) is 0 Å². The molecule has 0 spiro atoms. The molecule has 0 saturated heterocycles. The van der Waals surface area contributed by atoms with Gasteiger partial charge in [0.15, 0.2) is 5.82 Å². The Morgan fingerprint density at radius 2 is 2.22 bits per heavy atom. The molecule has 2 aromatic rings. The number of rotatable bonds is 5. The van der Waals surface area contributed by atoms with E-state index in [0.717, 1.165) is 0 Å². The van der Waals surface area contributed by atoms with Crippen LogP contribution in [0.4, 0.5) is 5.69 Å². The van der Waals surface area contributed by atoms with E-state index in [9.17, 15) is 0 Å². The van der Waals surface area contributed by atoms with Crippen LogP contribution in [0.25, 0.3) is 11.5 Å². The molecule has 1 heterocycles. The molecular weight excluding hydrogens is 234 g/mol. The highest BCUT2D eigenvalue weighted by atomic mass is 16.5. The molecule has 0 saturated carbocycles. The number of hydrogen-bond acceptors (Lipinski definition) is 6. The number of aromatic nitrogens is 2. The minimum Gasteiger partial charge on any atom is -0.497 e. The van der Waals surface area contributed by atoms with Gasteiger partial charge in [-0.3, -0.25) is 0 Å². The monoisotopic (exact) mass is 249 g/mol. The van der Waals surface area contributed by atoms with Crippen LogP contribution in [0.15, 0.2) is 22.7 Å². The second kappa shape index (κ2) is 5.50. The number of methoxy groups -OCH3 is 1. The van der Waals surface area contributed by atoms with E-state index >= 15 is 0 Å². The van der Waals surface area contributed by atoms with E-state index in [1.807, 2.05) is 6.92 Å². The largest absolute Gasteiger partial charge is 0.497 e. The number of hydrogen-bond donors (Lipinski definition) is 1. The number of nitrogens with two attached hydrogens (primary N) is 1. The summed E-state index contributed by atoms with van der Waals surface area (Å²) in [5, 5.41) is 3.82. The first-order valence-corrected chi connectivity index (χ1v) is 5.58. The summed E-state index contributed by atoms with van der Waals surface area (Å²) in [5.41, 5.74) is 7.09. The van der Waals surface area contributed by atoms with Crippen molar-refractivity contribution in [2.45, 2.75) is 13.5 Å². The summed E-state index contributed by atoms with van der Waals surface area (Å²) < 4.78 is 15.5. The molecule has 0 bridgehead atoms. The number of benzene rings is 1. The maximum atomic E-state index is 5.87. The fourth-order valence-electron chi connectivity index (χ4n) is 1.46. The van der Waals surface area contributed by atoms with Gasteiger partial charge in [0.25, 0.3) is 5.89 Å². The molecule has 0 unspecified atom stereocenters. The average Bonchev–Trinajstić information content (AvgIpc) is 2.85. The third kappa shape index (κ3) is 2.60. The van der Waals surface area contributed by atoms with Crippen molar-refractivity contribution in [3.63, 3.8) is 0 Å². The molecule has 0 radical (unpaired) electrons. The highest BCUT2D eigenvalue weighted by Gasteiger charge is 2.12. The fraction of sp³-hybridized carbons (Fsp3) is 0.333. The molecule has 2 N–H and O–H groups in total. The smallest absolute Gasteiger partial charge is 0.260 e. The van der Waals surface area contributed by atoms with Crippen molar-refractivity contribution in [1.82, 2.24) is 10.1 Å². The molecule has 0 fully saturated rings. The van der Waals surface area contributed by atoms with Crippen molar-refractivity contribution in [3.8, 4) is 17.2 Å². The quantitative estimate of drug-likeness (QED) is 0.814. The number of nitrogen functional groups attached to an aromatic ring is 1. The maximum absolute atomic E-state index is 5.87. The summed E-state index contributed by atoms with van der Waals surface area (Å²) >= 11 is 0. The predicted octanol–water partition coefficient (Wildman–Crippen LogP) is 1.86. The van der Waals surface area contributed by atoms with Gasteiger partial charge in [-0.1, -0.05) is 5.16 Å². The van der Waals surface area contributed by atoms with Gasteiger partial charge < -0.3 is 19.7 Å². The second-order valence-corrected chi connectivity index (χ2v) is 3.61. The van der Waals surface area contributed by atoms with Crippen molar-refractivity contribution in [1.29, 1.82) is 0 Å². The zero-order valence-electron chi connectivity index (χ0n) is 10.3. The van der Waals surface area contributed by atoms with Gasteiger partial charge in [-0.2, -0.15) is 4.98 Å². The van der Waals surface area contributed by atoms with Gasteiger partial charge >= 0.3 is 0 Å². The molecule has 96 valence electrons. The molecule has 0 amide bonds. The standard InChI is InChI=1S/C12H15N3O3/c1-3-17-7-11-14-12(18-15-11)9-6-8(16-2)4-5-10(9)13/h4-6H,3,7,13H2,1-2H3. The molecule has 18 heavy (non-hydrogen) atoms. The lowest BCUT2D eigenvalue weighted by molar-refractivity contribution is 0.126. The summed E-state index contributed by atoms with van der Waals surface area (Å²) in [6, 6.07) is 5.27. The van der Waals surface area contributed by atoms with Crippen LogP contribution >= 0.6 is 0 Å². The lowest BCUT2D eigenvalue weighted by Gasteiger charge is -2.03. The molecule has 1 aromatic heterocycles. The molecular formula is C12H15N3O3. The Morgan fingerprint density at radius 3 is 2.94 bits per heavy atom. The number of anilines is 1. The Hall–Kier alpha value is -2.08. The Morgan fingerprint density at radius 1 is 1.39 bits per heavy atom. The van der Waals surface area contributed by atoms with Gasteiger partial charge in [0, 0.05) is 12.3 Å². The first-order chi connectivity index (χ1) is 8.74. The van der Waals surface area contributed by atoms with Crippen LogP contribution in [0.2, 0.25) is 0 Å². The van der Waals surface area contributed by atoms with Crippen molar-refractivity contribution in [2.24, 2.45) is 0 Å². The van der Waals surface area contributed by atoms with Crippen LogP contribution in [0, 0.1) is 0 Å². The van der Waals surface area contributed by atoms with E-state index in [2.05, 4.69) is 10.1 Å². The van der Waals surface area contributed by atoms with Crippen LogP contribution in [0.5, 0.6) is 5.75 Å². The molecule has 0 atom stereocenters. The van der Waals surface area contributed by atoms with Crippen molar-refractivity contribution >= 4 is 5.69 Å². The Kier molecular flexibility index (Phi) is 3.78. The van der Waals surface area contributed by atoms with Gasteiger partial charge in [0.05, 0.1) is 12.7 Å². The van der Waals surface area contributed by atoms with Crippen LogP contribution in [-0.2, 0) is 11.3 Å². The highest BCUT2D eigenvalue weighted by molar-refractivity contribution is 5.72. The zero-order chi connectivity index (χ0) is 13.0. The minimum absolute atomic E-state index is 0.323. The Bertz CT molecular complexity index is 525. The average molecular weight is 249 g/mol. The normalized spacial score (nSPS) is 10.6. The van der Waals surface area contributed by atoms with Crippen molar-refractivity contribution in [3.05, 3.63) is 24.0 Å². The molecule has 2 rings (SSSR count). The topological polar surface area (TPSA) is 83.4 Å². The summed E-state index contributed by atoms with van der Waals surface area (Å²) in [6.07, 6.45) is 0. The summed E-state index contributed by atoms with van der Waals surface area (Å²) in [6.45, 7) is 2.83. The first kappa shape index (κ1) is 12.4. The lowest BCUT2D eigenvalue weighted by atomic mass is 10.1. The number of ether oxygens (including phenoxy) is 2. The SMILES string of the molecule is CCOCc1noc(-c2cc(OC)ccc2N)n1. The van der Waals surface area contributed by atoms with E-state index in [4.69, 9.17) is 19.7 Å². The van der Waals surface area contributed by atoms with Crippen LogP contribution in [-0.4, -0.2) is 23.9 Å². The summed E-state index contributed by atoms with van der Waals surface area (Å²) in [4.78, 5) is 4.22. The van der Waals surface area contributed by atoms with Gasteiger partial charge in [-0.25, -0.2) is 0 Å². The number of nitrogens with zero attached hydrogens (tertiary/aromatic N) is 2. The third-order valence-corrected chi connectivity index (χ3v) is 2.39. The first-order valence-electron chi connectivity index (χ1n) is 5.58. The van der Waals surface area contributed by atoms with E-state index in [1.54, 1.807) is 25.3 Å². The molecule has 6 heteroatoms. The summed E-state index contributed by atoms with van der Waals surface area (Å²) in [7, 11) is 1.59. The maximum Gasteiger partial charge on any atom is 0.260 e. The highest BCUT2D eigenvalue weighted by Crippen LogP contribution is 2.28. The van der Waals surface area contributed by atoms with Gasteiger partial charge in [-0.15, -0.1) is 0 Å². The van der Waals surface area contributed by atoms with E-state index in [-0.39, 0.29) is 0 Å².